The molecule has 0 unspecified atom stereocenters. The number of amides is 1. The lowest BCUT2D eigenvalue weighted by Crippen LogP contribution is -2.46. The molecule has 0 spiro atoms. The van der Waals surface area contributed by atoms with Crippen molar-refractivity contribution in [1.29, 1.82) is 0 Å². The van der Waals surface area contributed by atoms with Gasteiger partial charge >= 0.3 is 0 Å². The van der Waals surface area contributed by atoms with E-state index >= 15 is 0 Å². The van der Waals surface area contributed by atoms with E-state index in [9.17, 15) is 4.79 Å². The number of carbonyl (C=O) groups is 1. The third kappa shape index (κ3) is 4.96. The summed E-state index contributed by atoms with van der Waals surface area (Å²) >= 11 is 0. The van der Waals surface area contributed by atoms with E-state index in [1.165, 1.54) is 24.9 Å². The van der Waals surface area contributed by atoms with Gasteiger partial charge in [-0.3, -0.25) is 4.79 Å². The summed E-state index contributed by atoms with van der Waals surface area (Å²) in [7, 11) is 0. The Morgan fingerprint density at radius 3 is 2.43 bits per heavy atom. The summed E-state index contributed by atoms with van der Waals surface area (Å²) in [6.07, 6.45) is 8.33. The molecule has 0 radical (unpaired) electrons. The lowest BCUT2D eigenvalue weighted by Gasteiger charge is -2.34. The molecule has 3 rings (SSSR count). The molecular weight excluding hydrogens is 288 g/mol. The number of hydrogen-bond acceptors (Lipinski definition) is 3. The number of piperidine rings is 1. The molecule has 4 nitrogen and oxygen atoms in total. The van der Waals surface area contributed by atoms with Gasteiger partial charge in [-0.15, -0.1) is 0 Å². The van der Waals surface area contributed by atoms with Crippen molar-refractivity contribution in [2.24, 2.45) is 0 Å². The predicted octanol–water partition coefficient (Wildman–Crippen LogP) is 3.12. The first-order valence-electron chi connectivity index (χ1n) is 9.02. The van der Waals surface area contributed by atoms with E-state index in [1.54, 1.807) is 0 Å². The lowest BCUT2D eigenvalue weighted by molar-refractivity contribution is -0.129. The van der Waals surface area contributed by atoms with Crippen molar-refractivity contribution < 1.29 is 9.53 Å². The van der Waals surface area contributed by atoms with Gasteiger partial charge in [0.25, 0.3) is 0 Å². The van der Waals surface area contributed by atoms with E-state index in [1.807, 2.05) is 6.07 Å². The normalized spacial score (nSPS) is 20.4. The van der Waals surface area contributed by atoms with Gasteiger partial charge in [-0.2, -0.15) is 0 Å². The number of nitrogens with zero attached hydrogens (tertiary/aromatic N) is 1. The fourth-order valence-electron chi connectivity index (χ4n) is 3.62. The average Bonchev–Trinajstić information content (AvgIpc) is 2.62. The predicted molar refractivity (Wildman–Crippen MR) is 92.6 cm³/mol. The van der Waals surface area contributed by atoms with E-state index in [2.05, 4.69) is 34.5 Å². The summed E-state index contributed by atoms with van der Waals surface area (Å²) in [5.74, 6) is 0.0498. The Balaban J connectivity index is 1.36. The van der Waals surface area contributed by atoms with Crippen molar-refractivity contribution in [2.45, 2.75) is 57.1 Å². The Kier molecular flexibility index (Phi) is 5.92. The number of nitrogens with one attached hydrogen (secondary N) is 1. The Hall–Kier alpha value is -1.55. The molecule has 0 bridgehead atoms. The third-order valence-electron chi connectivity index (χ3n) is 4.98. The Morgan fingerprint density at radius 1 is 1.04 bits per heavy atom. The van der Waals surface area contributed by atoms with Crippen LogP contribution in [-0.4, -0.2) is 37.7 Å². The Morgan fingerprint density at radius 2 is 1.74 bits per heavy atom. The summed E-state index contributed by atoms with van der Waals surface area (Å²) in [6.45, 7) is 2.22. The van der Waals surface area contributed by atoms with Crippen molar-refractivity contribution in [1.82, 2.24) is 5.32 Å². The van der Waals surface area contributed by atoms with Crippen LogP contribution >= 0.6 is 0 Å². The monoisotopic (exact) mass is 316 g/mol. The van der Waals surface area contributed by atoms with Crippen LogP contribution in [0.4, 0.5) is 5.69 Å². The van der Waals surface area contributed by atoms with Crippen LogP contribution < -0.4 is 10.2 Å². The zero-order valence-electron chi connectivity index (χ0n) is 13.9. The molecule has 1 aromatic rings. The molecule has 126 valence electrons. The second-order valence-electron chi connectivity index (χ2n) is 6.74. The molecule has 1 amide bonds. The van der Waals surface area contributed by atoms with Crippen molar-refractivity contribution in [2.75, 3.05) is 24.6 Å². The largest absolute Gasteiger partial charge is 0.371 e. The van der Waals surface area contributed by atoms with E-state index in [-0.39, 0.29) is 18.6 Å². The van der Waals surface area contributed by atoms with Crippen LogP contribution in [0.5, 0.6) is 0 Å². The average molecular weight is 316 g/mol. The van der Waals surface area contributed by atoms with Crippen molar-refractivity contribution in [3.05, 3.63) is 30.3 Å². The highest BCUT2D eigenvalue weighted by Gasteiger charge is 2.21. The minimum Gasteiger partial charge on any atom is -0.371 e. The minimum absolute atomic E-state index is 0.0498. The summed E-state index contributed by atoms with van der Waals surface area (Å²) in [5, 5.41) is 3.14. The van der Waals surface area contributed by atoms with E-state index in [4.69, 9.17) is 4.74 Å². The first kappa shape index (κ1) is 16.3. The second kappa shape index (κ2) is 8.34. The van der Waals surface area contributed by atoms with E-state index in [0.29, 0.717) is 6.10 Å². The van der Waals surface area contributed by atoms with Gasteiger partial charge in [0.05, 0.1) is 6.10 Å². The van der Waals surface area contributed by atoms with Crippen LogP contribution in [0.15, 0.2) is 30.3 Å². The quantitative estimate of drug-likeness (QED) is 0.907. The van der Waals surface area contributed by atoms with Crippen molar-refractivity contribution >= 4 is 11.6 Å². The van der Waals surface area contributed by atoms with Gasteiger partial charge < -0.3 is 15.0 Å². The van der Waals surface area contributed by atoms with Gasteiger partial charge in [0.1, 0.15) is 6.61 Å². The molecule has 0 aromatic heterocycles. The van der Waals surface area contributed by atoms with Crippen LogP contribution in [0.25, 0.3) is 0 Å². The first-order chi connectivity index (χ1) is 11.3. The zero-order chi connectivity index (χ0) is 15.9. The van der Waals surface area contributed by atoms with Crippen LogP contribution in [0.1, 0.15) is 44.9 Å². The number of carbonyl (C=O) groups excluding carboxylic acids is 1. The molecular formula is C19H28N2O2. The van der Waals surface area contributed by atoms with Crippen LogP contribution in [-0.2, 0) is 9.53 Å². The molecule has 0 atom stereocenters. The van der Waals surface area contributed by atoms with Crippen LogP contribution in [0.2, 0.25) is 0 Å². The fourth-order valence-corrected chi connectivity index (χ4v) is 3.62. The molecule has 2 aliphatic rings. The maximum atomic E-state index is 12.1. The standard InChI is InChI=1S/C19H28N2O2/c22-19(15-23-18-9-5-2-6-10-18)20-16-11-13-21(14-12-16)17-7-3-1-4-8-17/h1,3-4,7-8,16,18H,2,5-6,9-15H2,(H,20,22). The molecule has 1 heterocycles. The molecule has 1 N–H and O–H groups in total. The number of rotatable bonds is 5. The lowest BCUT2D eigenvalue weighted by atomic mass is 9.98. The smallest absolute Gasteiger partial charge is 0.246 e. The number of ether oxygens (including phenoxy) is 1. The molecule has 1 aliphatic carbocycles. The highest BCUT2D eigenvalue weighted by Crippen LogP contribution is 2.21. The first-order valence-corrected chi connectivity index (χ1v) is 9.02. The van der Waals surface area contributed by atoms with Gasteiger partial charge in [-0.05, 0) is 37.8 Å². The van der Waals surface area contributed by atoms with Crippen molar-refractivity contribution in [3.63, 3.8) is 0 Å². The van der Waals surface area contributed by atoms with Gasteiger partial charge in [0.2, 0.25) is 5.91 Å². The Labute approximate surface area is 139 Å². The van der Waals surface area contributed by atoms with Crippen molar-refractivity contribution in [3.8, 4) is 0 Å². The van der Waals surface area contributed by atoms with Crippen LogP contribution in [0, 0.1) is 0 Å². The summed E-state index contributed by atoms with van der Waals surface area (Å²) in [5.41, 5.74) is 1.28. The maximum absolute atomic E-state index is 12.1. The van der Waals surface area contributed by atoms with E-state index < -0.39 is 0 Å². The number of anilines is 1. The third-order valence-corrected chi connectivity index (χ3v) is 4.98. The minimum atomic E-state index is 0.0498. The van der Waals surface area contributed by atoms with E-state index in [0.717, 1.165) is 38.8 Å². The number of benzene rings is 1. The molecule has 1 aliphatic heterocycles. The molecule has 2 fully saturated rings. The van der Waals surface area contributed by atoms with Gasteiger partial charge in [-0.1, -0.05) is 37.5 Å². The van der Waals surface area contributed by atoms with Gasteiger partial charge in [0.15, 0.2) is 0 Å². The molecule has 23 heavy (non-hydrogen) atoms. The summed E-state index contributed by atoms with van der Waals surface area (Å²) < 4.78 is 5.75. The molecule has 1 saturated heterocycles. The fraction of sp³-hybridized carbons (Fsp3) is 0.632. The highest BCUT2D eigenvalue weighted by molar-refractivity contribution is 5.77. The second-order valence-corrected chi connectivity index (χ2v) is 6.74. The summed E-state index contributed by atoms with van der Waals surface area (Å²) in [6, 6.07) is 10.8. The highest BCUT2D eigenvalue weighted by atomic mass is 16.5. The van der Waals surface area contributed by atoms with Crippen LogP contribution in [0.3, 0.4) is 0 Å². The number of hydrogen-bond donors (Lipinski definition) is 1. The summed E-state index contributed by atoms with van der Waals surface area (Å²) in [4.78, 5) is 14.4. The Bertz CT molecular complexity index is 477. The van der Waals surface area contributed by atoms with Gasteiger partial charge in [-0.25, -0.2) is 0 Å². The number of para-hydroxylation sites is 1. The molecule has 4 heteroatoms. The SMILES string of the molecule is O=C(COC1CCCCC1)NC1CCN(c2ccccc2)CC1. The molecule has 1 aromatic carbocycles. The zero-order valence-corrected chi connectivity index (χ0v) is 13.9. The topological polar surface area (TPSA) is 41.6 Å². The molecule has 1 saturated carbocycles. The van der Waals surface area contributed by atoms with Gasteiger partial charge in [0, 0.05) is 24.8 Å². The maximum Gasteiger partial charge on any atom is 0.246 e.